The summed E-state index contributed by atoms with van der Waals surface area (Å²) in [6, 6.07) is 2.79. The lowest BCUT2D eigenvalue weighted by Crippen LogP contribution is -2.46. The van der Waals surface area contributed by atoms with Crippen molar-refractivity contribution >= 4 is 27.8 Å². The predicted octanol–water partition coefficient (Wildman–Crippen LogP) is 1.56. The highest BCUT2D eigenvalue weighted by molar-refractivity contribution is 7.86. The van der Waals surface area contributed by atoms with E-state index >= 15 is 0 Å². The molecule has 1 atom stereocenters. The quantitative estimate of drug-likeness (QED) is 0.854. The van der Waals surface area contributed by atoms with Gasteiger partial charge in [0.25, 0.3) is 10.2 Å². The van der Waals surface area contributed by atoms with Crippen molar-refractivity contribution < 1.29 is 22.7 Å². The van der Waals surface area contributed by atoms with Gasteiger partial charge < -0.3 is 5.11 Å². The standard InChI is InChI=1S/C12H16ClFN2O4S/c1-8(12(17)18)16(3)21(19,20)15(2)7-9-10(13)5-4-6-11(9)14/h4-6,8H,7H2,1-3H3,(H,17,18). The lowest BCUT2D eigenvalue weighted by Gasteiger charge is -2.27. The van der Waals surface area contributed by atoms with Gasteiger partial charge in [-0.3, -0.25) is 4.79 Å². The summed E-state index contributed by atoms with van der Waals surface area (Å²) in [6.07, 6.45) is 0. The van der Waals surface area contributed by atoms with Gasteiger partial charge >= 0.3 is 5.97 Å². The number of aliphatic carboxylic acids is 1. The fourth-order valence-corrected chi connectivity index (χ4v) is 3.01. The molecule has 1 N–H and O–H groups in total. The number of halogens is 2. The Morgan fingerprint density at radius 2 is 2.00 bits per heavy atom. The maximum atomic E-state index is 13.7. The molecule has 1 unspecified atom stereocenters. The molecule has 0 bridgehead atoms. The molecule has 1 aromatic rings. The number of hydrogen-bond acceptors (Lipinski definition) is 3. The van der Waals surface area contributed by atoms with Crippen molar-refractivity contribution in [2.75, 3.05) is 14.1 Å². The molecule has 0 amide bonds. The van der Waals surface area contributed by atoms with E-state index in [2.05, 4.69) is 0 Å². The van der Waals surface area contributed by atoms with Crippen LogP contribution in [0.15, 0.2) is 18.2 Å². The maximum Gasteiger partial charge on any atom is 0.321 e. The molecule has 0 spiro atoms. The molecule has 118 valence electrons. The summed E-state index contributed by atoms with van der Waals surface area (Å²) in [7, 11) is -1.68. The van der Waals surface area contributed by atoms with Crippen molar-refractivity contribution in [2.24, 2.45) is 0 Å². The van der Waals surface area contributed by atoms with Crippen LogP contribution in [0.3, 0.4) is 0 Å². The van der Waals surface area contributed by atoms with E-state index < -0.39 is 28.0 Å². The van der Waals surface area contributed by atoms with E-state index in [4.69, 9.17) is 16.7 Å². The van der Waals surface area contributed by atoms with Crippen LogP contribution < -0.4 is 0 Å². The maximum absolute atomic E-state index is 13.7. The van der Waals surface area contributed by atoms with Gasteiger partial charge in [0.15, 0.2) is 0 Å². The Kier molecular flexibility index (Phi) is 5.68. The van der Waals surface area contributed by atoms with Crippen molar-refractivity contribution in [3.63, 3.8) is 0 Å². The molecule has 0 saturated heterocycles. The minimum absolute atomic E-state index is 0.0293. The first-order valence-electron chi connectivity index (χ1n) is 5.94. The molecule has 0 aliphatic carbocycles. The fraction of sp³-hybridized carbons (Fsp3) is 0.417. The van der Waals surface area contributed by atoms with Gasteiger partial charge in [-0.1, -0.05) is 17.7 Å². The molecular weight excluding hydrogens is 323 g/mol. The Hall–Kier alpha value is -1.22. The first-order valence-corrected chi connectivity index (χ1v) is 7.71. The van der Waals surface area contributed by atoms with Gasteiger partial charge in [-0.2, -0.15) is 17.0 Å². The van der Waals surface area contributed by atoms with Gasteiger partial charge in [0.2, 0.25) is 0 Å². The minimum Gasteiger partial charge on any atom is -0.480 e. The number of carboxylic acid groups (broad SMARTS) is 1. The lowest BCUT2D eigenvalue weighted by molar-refractivity contribution is -0.140. The zero-order chi connectivity index (χ0) is 16.4. The number of hydrogen-bond donors (Lipinski definition) is 1. The van der Waals surface area contributed by atoms with Crippen molar-refractivity contribution in [3.8, 4) is 0 Å². The van der Waals surface area contributed by atoms with Crippen molar-refractivity contribution in [1.29, 1.82) is 0 Å². The van der Waals surface area contributed by atoms with Gasteiger partial charge in [0, 0.05) is 31.2 Å². The second-order valence-electron chi connectivity index (χ2n) is 4.49. The largest absolute Gasteiger partial charge is 0.480 e. The zero-order valence-corrected chi connectivity index (χ0v) is 13.3. The highest BCUT2D eigenvalue weighted by Gasteiger charge is 2.31. The second-order valence-corrected chi connectivity index (χ2v) is 7.00. The van der Waals surface area contributed by atoms with Crippen LogP contribution in [-0.4, -0.2) is 48.2 Å². The van der Waals surface area contributed by atoms with E-state index in [0.717, 1.165) is 11.4 Å². The van der Waals surface area contributed by atoms with E-state index in [9.17, 15) is 17.6 Å². The normalized spacial score (nSPS) is 13.7. The molecule has 0 aromatic heterocycles. The van der Waals surface area contributed by atoms with Crippen LogP contribution >= 0.6 is 11.6 Å². The Morgan fingerprint density at radius 1 is 1.43 bits per heavy atom. The molecule has 1 rings (SSSR count). The topological polar surface area (TPSA) is 77.9 Å². The fourth-order valence-electron chi connectivity index (χ4n) is 1.56. The molecule has 0 heterocycles. The summed E-state index contributed by atoms with van der Waals surface area (Å²) in [5.74, 6) is -1.91. The summed E-state index contributed by atoms with van der Waals surface area (Å²) in [5, 5.41) is 8.97. The smallest absolute Gasteiger partial charge is 0.321 e. The summed E-state index contributed by atoms with van der Waals surface area (Å²) >= 11 is 5.85. The molecule has 0 saturated carbocycles. The monoisotopic (exact) mass is 338 g/mol. The zero-order valence-electron chi connectivity index (χ0n) is 11.7. The first-order chi connectivity index (χ1) is 9.59. The summed E-state index contributed by atoms with van der Waals surface area (Å²) in [6.45, 7) is 0.939. The summed E-state index contributed by atoms with van der Waals surface area (Å²) < 4.78 is 39.7. The molecule has 21 heavy (non-hydrogen) atoms. The summed E-state index contributed by atoms with van der Waals surface area (Å²) in [4.78, 5) is 10.9. The van der Waals surface area contributed by atoms with E-state index in [1.165, 1.54) is 32.2 Å². The average molecular weight is 339 g/mol. The van der Waals surface area contributed by atoms with Crippen LogP contribution in [-0.2, 0) is 21.5 Å². The Bertz CT molecular complexity index is 618. The van der Waals surface area contributed by atoms with Crippen LogP contribution in [0.2, 0.25) is 5.02 Å². The Morgan fingerprint density at radius 3 is 2.48 bits per heavy atom. The van der Waals surface area contributed by atoms with Gasteiger partial charge in [-0.25, -0.2) is 4.39 Å². The molecule has 6 nitrogen and oxygen atoms in total. The molecular formula is C12H16ClFN2O4S. The van der Waals surface area contributed by atoms with Crippen LogP contribution in [0.4, 0.5) is 4.39 Å². The number of rotatable bonds is 6. The average Bonchev–Trinajstić information content (AvgIpc) is 2.40. The molecule has 9 heteroatoms. The molecule has 0 aliphatic rings. The van der Waals surface area contributed by atoms with E-state index in [1.807, 2.05) is 0 Å². The van der Waals surface area contributed by atoms with Gasteiger partial charge in [-0.05, 0) is 19.1 Å². The van der Waals surface area contributed by atoms with E-state index in [0.29, 0.717) is 4.31 Å². The van der Waals surface area contributed by atoms with Crippen molar-refractivity contribution in [2.45, 2.75) is 19.5 Å². The SMILES string of the molecule is CC(C(=O)O)N(C)S(=O)(=O)N(C)Cc1c(F)cccc1Cl. The van der Waals surface area contributed by atoms with Gasteiger partial charge in [0.1, 0.15) is 11.9 Å². The molecule has 0 aliphatic heterocycles. The van der Waals surface area contributed by atoms with Crippen molar-refractivity contribution in [1.82, 2.24) is 8.61 Å². The first kappa shape index (κ1) is 17.8. The highest BCUT2D eigenvalue weighted by atomic mass is 35.5. The molecule has 1 aromatic carbocycles. The number of likely N-dealkylation sites (N-methyl/N-ethyl adjacent to an activating group) is 1. The predicted molar refractivity (Wildman–Crippen MR) is 76.7 cm³/mol. The molecule has 0 fully saturated rings. The van der Waals surface area contributed by atoms with Crippen LogP contribution in [0.5, 0.6) is 0 Å². The second kappa shape index (κ2) is 6.69. The van der Waals surface area contributed by atoms with Crippen LogP contribution in [0, 0.1) is 5.82 Å². The Labute approximate surface area is 127 Å². The molecule has 0 radical (unpaired) electrons. The van der Waals surface area contributed by atoms with Gasteiger partial charge in [-0.15, -0.1) is 0 Å². The highest BCUT2D eigenvalue weighted by Crippen LogP contribution is 2.22. The number of carboxylic acids is 1. The van der Waals surface area contributed by atoms with E-state index in [-0.39, 0.29) is 17.1 Å². The van der Waals surface area contributed by atoms with Crippen LogP contribution in [0.25, 0.3) is 0 Å². The third-order valence-corrected chi connectivity index (χ3v) is 5.42. The van der Waals surface area contributed by atoms with Crippen LogP contribution in [0.1, 0.15) is 12.5 Å². The van der Waals surface area contributed by atoms with E-state index in [1.54, 1.807) is 0 Å². The number of benzene rings is 1. The number of carbonyl (C=O) groups is 1. The van der Waals surface area contributed by atoms with Crippen molar-refractivity contribution in [3.05, 3.63) is 34.6 Å². The Balaban J connectivity index is 3.02. The lowest BCUT2D eigenvalue weighted by atomic mass is 10.2. The number of nitrogens with zero attached hydrogens (tertiary/aromatic N) is 2. The summed E-state index contributed by atoms with van der Waals surface area (Å²) in [5.41, 5.74) is 0.0293. The third-order valence-electron chi connectivity index (χ3n) is 3.10. The van der Waals surface area contributed by atoms with Gasteiger partial charge in [0.05, 0.1) is 0 Å². The minimum atomic E-state index is -4.05. The third kappa shape index (κ3) is 3.91.